The van der Waals surface area contributed by atoms with Gasteiger partial charge in [0.05, 0.1) is 24.7 Å². The topological polar surface area (TPSA) is 84.8 Å². The average molecular weight is 381 g/mol. The molecule has 3 rings (SSSR count). The lowest BCUT2D eigenvalue weighted by Gasteiger charge is -2.26. The van der Waals surface area contributed by atoms with E-state index in [1.54, 1.807) is 19.4 Å². The molecule has 0 fully saturated rings. The van der Waals surface area contributed by atoms with E-state index in [2.05, 4.69) is 10.5 Å². The Kier molecular flexibility index (Phi) is 5.78. The molecule has 0 aliphatic carbocycles. The normalized spacial score (nSPS) is 11.1. The third kappa shape index (κ3) is 3.90. The van der Waals surface area contributed by atoms with E-state index < -0.39 is 11.2 Å². The summed E-state index contributed by atoms with van der Waals surface area (Å²) in [5.41, 5.74) is 3.21. The fraction of sp³-hybridized carbons (Fsp3) is 0.250. The van der Waals surface area contributed by atoms with Crippen molar-refractivity contribution in [2.45, 2.75) is 13.5 Å². The second kappa shape index (κ2) is 8.43. The van der Waals surface area contributed by atoms with Crippen molar-refractivity contribution in [3.05, 3.63) is 80.9 Å². The van der Waals surface area contributed by atoms with Gasteiger partial charge in [-0.05, 0) is 31.2 Å². The van der Waals surface area contributed by atoms with Crippen LogP contribution in [0.4, 0.5) is 11.5 Å². The number of aromatic nitrogens is 2. The highest BCUT2D eigenvalue weighted by atomic mass is 16.3. The largest absolute Gasteiger partial charge is 0.467 e. The molecule has 146 valence electrons. The standard InChI is InChI=1S/C20H23N5O3/c1-4-25(14-16-11-8-12-28-16)18-17(19(26)24(3)20(27)23(18)2)13-21-22-15-9-6-5-7-10-15/h5-13,22H,4,14H2,1-3H3/b21-13+. The molecule has 0 unspecified atom stereocenters. The maximum atomic E-state index is 12.8. The molecule has 0 spiro atoms. The number of rotatable bonds is 7. The summed E-state index contributed by atoms with van der Waals surface area (Å²) in [6.45, 7) is 2.96. The maximum absolute atomic E-state index is 12.8. The van der Waals surface area contributed by atoms with Gasteiger partial charge in [0.25, 0.3) is 5.56 Å². The van der Waals surface area contributed by atoms with Crippen LogP contribution >= 0.6 is 0 Å². The number of hydrogen-bond donors (Lipinski definition) is 1. The zero-order valence-electron chi connectivity index (χ0n) is 16.1. The van der Waals surface area contributed by atoms with Gasteiger partial charge < -0.3 is 9.32 Å². The summed E-state index contributed by atoms with van der Waals surface area (Å²) < 4.78 is 7.97. The number of para-hydroxylation sites is 1. The van der Waals surface area contributed by atoms with E-state index in [-0.39, 0.29) is 0 Å². The van der Waals surface area contributed by atoms with Crippen molar-refractivity contribution in [2.24, 2.45) is 19.2 Å². The lowest BCUT2D eigenvalue weighted by atomic mass is 10.2. The molecule has 0 saturated carbocycles. The minimum atomic E-state index is -0.408. The molecule has 8 nitrogen and oxygen atoms in total. The zero-order valence-corrected chi connectivity index (χ0v) is 16.1. The Balaban J connectivity index is 2.04. The molecule has 0 bridgehead atoms. The molecule has 0 radical (unpaired) electrons. The van der Waals surface area contributed by atoms with Crippen LogP contribution in [0, 0.1) is 0 Å². The van der Waals surface area contributed by atoms with Crippen LogP contribution in [0.5, 0.6) is 0 Å². The Morgan fingerprint density at radius 2 is 1.86 bits per heavy atom. The number of hydrazone groups is 1. The molecule has 1 N–H and O–H groups in total. The van der Waals surface area contributed by atoms with Crippen molar-refractivity contribution in [2.75, 3.05) is 16.9 Å². The Hall–Kier alpha value is -3.55. The van der Waals surface area contributed by atoms with E-state index in [0.717, 1.165) is 16.0 Å². The number of nitrogens with zero attached hydrogens (tertiary/aromatic N) is 4. The molecule has 0 aliphatic rings. The summed E-state index contributed by atoms with van der Waals surface area (Å²) in [6.07, 6.45) is 3.05. The second-order valence-corrected chi connectivity index (χ2v) is 6.27. The minimum Gasteiger partial charge on any atom is -0.467 e. The van der Waals surface area contributed by atoms with Crippen molar-refractivity contribution in [3.63, 3.8) is 0 Å². The van der Waals surface area contributed by atoms with E-state index in [0.29, 0.717) is 24.5 Å². The SMILES string of the molecule is CCN(Cc1ccco1)c1c(/C=N/Nc2ccccc2)c(=O)n(C)c(=O)n1C. The average Bonchev–Trinajstić information content (AvgIpc) is 3.23. The van der Waals surface area contributed by atoms with E-state index in [4.69, 9.17) is 4.42 Å². The summed E-state index contributed by atoms with van der Waals surface area (Å²) in [5, 5.41) is 4.21. The number of furan rings is 1. The quantitative estimate of drug-likeness (QED) is 0.501. The van der Waals surface area contributed by atoms with Crippen LogP contribution in [0.3, 0.4) is 0 Å². The van der Waals surface area contributed by atoms with Gasteiger partial charge in [-0.1, -0.05) is 18.2 Å². The number of anilines is 2. The smallest absolute Gasteiger partial charge is 0.332 e. The first-order valence-corrected chi connectivity index (χ1v) is 8.94. The van der Waals surface area contributed by atoms with Crippen LogP contribution in [0.25, 0.3) is 0 Å². The molecule has 28 heavy (non-hydrogen) atoms. The molecule has 0 aliphatic heterocycles. The maximum Gasteiger partial charge on any atom is 0.332 e. The van der Waals surface area contributed by atoms with Crippen molar-refractivity contribution in [3.8, 4) is 0 Å². The molecular weight excluding hydrogens is 358 g/mol. The van der Waals surface area contributed by atoms with E-state index in [1.165, 1.54) is 17.8 Å². The summed E-state index contributed by atoms with van der Waals surface area (Å²) in [4.78, 5) is 27.2. The van der Waals surface area contributed by atoms with Crippen molar-refractivity contribution in [1.82, 2.24) is 9.13 Å². The van der Waals surface area contributed by atoms with Crippen LogP contribution in [0.2, 0.25) is 0 Å². The minimum absolute atomic E-state index is 0.321. The van der Waals surface area contributed by atoms with Crippen LogP contribution in [-0.4, -0.2) is 21.9 Å². The van der Waals surface area contributed by atoms with Crippen molar-refractivity contribution < 1.29 is 4.42 Å². The molecule has 0 amide bonds. The van der Waals surface area contributed by atoms with Gasteiger partial charge in [0.2, 0.25) is 0 Å². The Morgan fingerprint density at radius 1 is 1.11 bits per heavy atom. The van der Waals surface area contributed by atoms with Crippen LogP contribution in [0.15, 0.2) is 67.8 Å². The molecule has 1 aromatic carbocycles. The highest BCUT2D eigenvalue weighted by molar-refractivity contribution is 5.86. The van der Waals surface area contributed by atoms with E-state index in [1.807, 2.05) is 48.2 Å². The van der Waals surface area contributed by atoms with Crippen LogP contribution in [0.1, 0.15) is 18.2 Å². The fourth-order valence-electron chi connectivity index (χ4n) is 2.97. The number of benzene rings is 1. The zero-order chi connectivity index (χ0) is 20.1. The highest BCUT2D eigenvalue weighted by Crippen LogP contribution is 2.17. The predicted molar refractivity (Wildman–Crippen MR) is 110 cm³/mol. The lowest BCUT2D eigenvalue weighted by Crippen LogP contribution is -2.43. The van der Waals surface area contributed by atoms with Gasteiger partial charge >= 0.3 is 5.69 Å². The van der Waals surface area contributed by atoms with Gasteiger partial charge in [0, 0.05) is 20.6 Å². The molecule has 0 saturated heterocycles. The third-order valence-corrected chi connectivity index (χ3v) is 4.44. The number of hydrogen-bond acceptors (Lipinski definition) is 6. The van der Waals surface area contributed by atoms with Gasteiger partial charge in [-0.2, -0.15) is 5.10 Å². The first kappa shape index (κ1) is 19.2. The molecule has 2 aromatic heterocycles. The fourth-order valence-corrected chi connectivity index (χ4v) is 2.97. The summed E-state index contributed by atoms with van der Waals surface area (Å²) in [7, 11) is 3.10. The van der Waals surface area contributed by atoms with Crippen molar-refractivity contribution >= 4 is 17.7 Å². The number of nitrogens with one attached hydrogen (secondary N) is 1. The van der Waals surface area contributed by atoms with Gasteiger partial charge in [-0.15, -0.1) is 0 Å². The first-order valence-electron chi connectivity index (χ1n) is 8.94. The highest BCUT2D eigenvalue weighted by Gasteiger charge is 2.20. The molecular formula is C20H23N5O3. The summed E-state index contributed by atoms with van der Waals surface area (Å²) in [5.74, 6) is 1.23. The van der Waals surface area contributed by atoms with Crippen LogP contribution in [-0.2, 0) is 20.6 Å². The Labute approximate surface area is 162 Å². The summed E-state index contributed by atoms with van der Waals surface area (Å²) >= 11 is 0. The molecule has 3 aromatic rings. The third-order valence-electron chi connectivity index (χ3n) is 4.44. The van der Waals surface area contributed by atoms with Crippen LogP contribution < -0.4 is 21.6 Å². The first-order chi connectivity index (χ1) is 13.5. The van der Waals surface area contributed by atoms with Gasteiger partial charge in [-0.25, -0.2) is 4.79 Å². The van der Waals surface area contributed by atoms with E-state index >= 15 is 0 Å². The summed E-state index contributed by atoms with van der Waals surface area (Å²) in [6, 6.07) is 13.1. The van der Waals surface area contributed by atoms with Gasteiger partial charge in [0.1, 0.15) is 17.1 Å². The Morgan fingerprint density at radius 3 is 2.50 bits per heavy atom. The molecule has 2 heterocycles. The predicted octanol–water partition coefficient (Wildman–Crippen LogP) is 2.15. The van der Waals surface area contributed by atoms with Gasteiger partial charge in [-0.3, -0.25) is 19.4 Å². The molecule has 8 heteroatoms. The lowest BCUT2D eigenvalue weighted by molar-refractivity contribution is 0.500. The van der Waals surface area contributed by atoms with Gasteiger partial charge in [0.15, 0.2) is 0 Å². The Bertz CT molecular complexity index is 1070. The monoisotopic (exact) mass is 381 g/mol. The van der Waals surface area contributed by atoms with Crippen molar-refractivity contribution in [1.29, 1.82) is 0 Å². The molecule has 0 atom stereocenters. The van der Waals surface area contributed by atoms with E-state index in [9.17, 15) is 9.59 Å². The second-order valence-electron chi connectivity index (χ2n) is 6.27.